The summed E-state index contributed by atoms with van der Waals surface area (Å²) >= 11 is 6.16. The standard InChI is InChI=1S/C17H15ClN2O4S/c18-16-15(25(21,22)20-11-13-7-4-10-23-13)9-8-14(17(16)19)24-12-5-2-1-3-6-12/h1-10,20H,11,19H2. The van der Waals surface area contributed by atoms with Crippen LogP contribution in [0.15, 0.2) is 70.2 Å². The lowest BCUT2D eigenvalue weighted by Crippen LogP contribution is -2.23. The molecule has 0 fully saturated rings. The molecule has 3 rings (SSSR count). The van der Waals surface area contributed by atoms with E-state index in [0.29, 0.717) is 11.5 Å². The van der Waals surface area contributed by atoms with E-state index in [1.54, 1.807) is 24.3 Å². The van der Waals surface area contributed by atoms with Crippen molar-refractivity contribution in [1.29, 1.82) is 0 Å². The molecule has 0 amide bonds. The zero-order chi connectivity index (χ0) is 17.9. The van der Waals surface area contributed by atoms with Gasteiger partial charge in [0.1, 0.15) is 16.4 Å². The summed E-state index contributed by atoms with van der Waals surface area (Å²) in [5.41, 5.74) is 6.00. The maximum absolute atomic E-state index is 12.4. The van der Waals surface area contributed by atoms with Crippen LogP contribution in [0.1, 0.15) is 5.76 Å². The number of sulfonamides is 1. The number of nitrogens with two attached hydrogens (primary N) is 1. The summed E-state index contributed by atoms with van der Waals surface area (Å²) in [4.78, 5) is -0.126. The van der Waals surface area contributed by atoms with Crippen molar-refractivity contribution in [2.45, 2.75) is 11.4 Å². The van der Waals surface area contributed by atoms with Crippen LogP contribution >= 0.6 is 11.6 Å². The molecule has 0 saturated heterocycles. The Morgan fingerprint density at radius 1 is 1.08 bits per heavy atom. The molecular formula is C17H15ClN2O4S. The highest BCUT2D eigenvalue weighted by Gasteiger charge is 2.22. The number of ether oxygens (including phenoxy) is 1. The smallest absolute Gasteiger partial charge is 0.242 e. The number of rotatable bonds is 6. The normalized spacial score (nSPS) is 11.4. The van der Waals surface area contributed by atoms with Crippen LogP contribution in [0.2, 0.25) is 5.02 Å². The molecule has 25 heavy (non-hydrogen) atoms. The zero-order valence-electron chi connectivity index (χ0n) is 13.0. The fourth-order valence-corrected chi connectivity index (χ4v) is 3.67. The number of benzene rings is 2. The lowest BCUT2D eigenvalue weighted by Gasteiger charge is -2.13. The third-order valence-electron chi connectivity index (χ3n) is 3.38. The van der Waals surface area contributed by atoms with E-state index >= 15 is 0 Å². The number of furan rings is 1. The first-order valence-corrected chi connectivity index (χ1v) is 9.16. The number of nitrogens with one attached hydrogen (secondary N) is 1. The van der Waals surface area contributed by atoms with E-state index in [4.69, 9.17) is 26.5 Å². The molecule has 3 N–H and O–H groups in total. The van der Waals surface area contributed by atoms with Gasteiger partial charge in [-0.15, -0.1) is 0 Å². The minimum Gasteiger partial charge on any atom is -0.468 e. The zero-order valence-corrected chi connectivity index (χ0v) is 14.5. The summed E-state index contributed by atoms with van der Waals surface area (Å²) in [6, 6.07) is 15.1. The van der Waals surface area contributed by atoms with Gasteiger partial charge in [0.2, 0.25) is 10.0 Å². The predicted octanol–water partition coefficient (Wildman–Crippen LogP) is 3.79. The highest BCUT2D eigenvalue weighted by Crippen LogP contribution is 2.37. The van der Waals surface area contributed by atoms with Gasteiger partial charge >= 0.3 is 0 Å². The molecule has 0 spiro atoms. The summed E-state index contributed by atoms with van der Waals surface area (Å²) < 4.78 is 38.0. The second kappa shape index (κ2) is 7.18. The van der Waals surface area contributed by atoms with Gasteiger partial charge in [0.05, 0.1) is 23.5 Å². The largest absolute Gasteiger partial charge is 0.468 e. The van der Waals surface area contributed by atoms with Gasteiger partial charge in [0.15, 0.2) is 5.75 Å². The molecule has 3 aromatic rings. The van der Waals surface area contributed by atoms with E-state index in [1.807, 2.05) is 18.2 Å². The summed E-state index contributed by atoms with van der Waals surface area (Å²) in [6.07, 6.45) is 1.46. The minimum absolute atomic E-state index is 0.00777. The van der Waals surface area contributed by atoms with Crippen molar-refractivity contribution in [2.24, 2.45) is 0 Å². The molecule has 0 atom stereocenters. The van der Waals surface area contributed by atoms with Gasteiger partial charge in [-0.2, -0.15) is 0 Å². The Morgan fingerprint density at radius 3 is 2.52 bits per heavy atom. The number of hydrogen-bond donors (Lipinski definition) is 2. The molecule has 0 radical (unpaired) electrons. The number of halogens is 1. The first kappa shape index (κ1) is 17.3. The average Bonchev–Trinajstić information content (AvgIpc) is 3.12. The Hall–Kier alpha value is -2.48. The van der Waals surface area contributed by atoms with Crippen molar-refractivity contribution in [3.8, 4) is 11.5 Å². The molecule has 0 aliphatic carbocycles. The fraction of sp³-hybridized carbons (Fsp3) is 0.0588. The molecule has 0 aliphatic heterocycles. The topological polar surface area (TPSA) is 94.6 Å². The van der Waals surface area contributed by atoms with Crippen molar-refractivity contribution in [3.05, 3.63) is 71.6 Å². The van der Waals surface area contributed by atoms with Gasteiger partial charge in [-0.25, -0.2) is 13.1 Å². The summed E-state index contributed by atoms with van der Waals surface area (Å²) in [5, 5.41) is -0.0969. The first-order chi connectivity index (χ1) is 12.0. The lowest BCUT2D eigenvalue weighted by molar-refractivity contribution is 0.484. The van der Waals surface area contributed by atoms with Crippen LogP contribution in [0, 0.1) is 0 Å². The van der Waals surface area contributed by atoms with Crippen molar-refractivity contribution in [1.82, 2.24) is 4.72 Å². The van der Waals surface area contributed by atoms with Crippen molar-refractivity contribution >= 4 is 27.3 Å². The third-order valence-corrected chi connectivity index (χ3v) is 5.34. The number of nitrogen functional groups attached to an aromatic ring is 1. The van der Waals surface area contributed by atoms with Crippen LogP contribution < -0.4 is 15.2 Å². The van der Waals surface area contributed by atoms with Gasteiger partial charge in [-0.3, -0.25) is 0 Å². The molecule has 8 heteroatoms. The summed E-state index contributed by atoms with van der Waals surface area (Å²) in [5.74, 6) is 1.33. The molecule has 2 aromatic carbocycles. The Bertz CT molecular complexity index is 958. The summed E-state index contributed by atoms with van der Waals surface area (Å²) in [7, 11) is -3.86. The first-order valence-electron chi connectivity index (χ1n) is 7.30. The molecule has 1 heterocycles. The second-order valence-corrected chi connectivity index (χ2v) is 7.22. The van der Waals surface area contributed by atoms with Crippen LogP contribution in [0.25, 0.3) is 0 Å². The van der Waals surface area contributed by atoms with Crippen molar-refractivity contribution in [3.63, 3.8) is 0 Å². The molecule has 0 aliphatic rings. The van der Waals surface area contributed by atoms with Gasteiger partial charge in [-0.05, 0) is 36.4 Å². The molecule has 0 saturated carbocycles. The SMILES string of the molecule is Nc1c(Oc2ccccc2)ccc(S(=O)(=O)NCc2ccco2)c1Cl. The number of anilines is 1. The Morgan fingerprint density at radius 2 is 1.84 bits per heavy atom. The second-order valence-electron chi connectivity index (χ2n) is 5.11. The monoisotopic (exact) mass is 378 g/mol. The molecule has 6 nitrogen and oxygen atoms in total. The van der Waals surface area contributed by atoms with Gasteiger partial charge in [0.25, 0.3) is 0 Å². The van der Waals surface area contributed by atoms with Gasteiger partial charge in [0, 0.05) is 0 Å². The fourth-order valence-electron chi connectivity index (χ4n) is 2.12. The van der Waals surface area contributed by atoms with E-state index in [2.05, 4.69) is 4.72 Å². The Kier molecular flexibility index (Phi) is 4.98. The highest BCUT2D eigenvalue weighted by atomic mass is 35.5. The van der Waals surface area contributed by atoms with Crippen LogP contribution in [0.5, 0.6) is 11.5 Å². The van der Waals surface area contributed by atoms with Gasteiger partial charge in [-0.1, -0.05) is 29.8 Å². The van der Waals surface area contributed by atoms with E-state index < -0.39 is 10.0 Å². The molecule has 130 valence electrons. The van der Waals surface area contributed by atoms with Crippen molar-refractivity contribution < 1.29 is 17.6 Å². The molecule has 0 bridgehead atoms. The maximum atomic E-state index is 12.4. The Labute approximate surface area is 150 Å². The van der Waals surface area contributed by atoms with E-state index in [0.717, 1.165) is 0 Å². The minimum atomic E-state index is -3.86. The molecule has 1 aromatic heterocycles. The van der Waals surface area contributed by atoms with Crippen LogP contribution in [-0.4, -0.2) is 8.42 Å². The van der Waals surface area contributed by atoms with Crippen molar-refractivity contribution in [2.75, 3.05) is 5.73 Å². The molecule has 0 unspecified atom stereocenters. The van der Waals surface area contributed by atoms with Crippen LogP contribution in [-0.2, 0) is 16.6 Å². The lowest BCUT2D eigenvalue weighted by atomic mass is 10.3. The molecular weight excluding hydrogens is 364 g/mol. The van der Waals surface area contributed by atoms with Crippen LogP contribution in [0.4, 0.5) is 5.69 Å². The highest BCUT2D eigenvalue weighted by molar-refractivity contribution is 7.89. The van der Waals surface area contributed by atoms with Gasteiger partial charge < -0.3 is 14.9 Å². The quantitative estimate of drug-likeness (QED) is 0.636. The van der Waals surface area contributed by atoms with E-state index in [-0.39, 0.29) is 27.9 Å². The number of hydrogen-bond acceptors (Lipinski definition) is 5. The summed E-state index contributed by atoms with van der Waals surface area (Å²) in [6.45, 7) is 0.00777. The van der Waals surface area contributed by atoms with E-state index in [9.17, 15) is 8.42 Å². The number of para-hydroxylation sites is 1. The predicted molar refractivity (Wildman–Crippen MR) is 95.1 cm³/mol. The van der Waals surface area contributed by atoms with Crippen LogP contribution in [0.3, 0.4) is 0 Å². The Balaban J connectivity index is 1.84. The average molecular weight is 379 g/mol. The van der Waals surface area contributed by atoms with E-state index in [1.165, 1.54) is 18.4 Å². The third kappa shape index (κ3) is 3.96. The maximum Gasteiger partial charge on any atom is 0.242 e.